The molecule has 1 amide bonds. The average Bonchev–Trinajstić information content (AvgIpc) is 3.24. The van der Waals surface area contributed by atoms with Crippen LogP contribution >= 0.6 is 23.2 Å². The predicted molar refractivity (Wildman–Crippen MR) is 144 cm³/mol. The number of rotatable bonds is 7. The van der Waals surface area contributed by atoms with Crippen molar-refractivity contribution in [2.45, 2.75) is 0 Å². The van der Waals surface area contributed by atoms with Gasteiger partial charge in [-0.05, 0) is 42.0 Å². The van der Waals surface area contributed by atoms with Crippen molar-refractivity contribution in [3.63, 3.8) is 0 Å². The van der Waals surface area contributed by atoms with E-state index in [1.165, 1.54) is 0 Å². The highest BCUT2D eigenvalue weighted by Crippen LogP contribution is 2.37. The maximum atomic E-state index is 12.5. The van der Waals surface area contributed by atoms with Crippen LogP contribution in [0.5, 0.6) is 0 Å². The lowest BCUT2D eigenvalue weighted by atomic mass is 10.1. The van der Waals surface area contributed by atoms with Crippen molar-refractivity contribution < 1.29 is 13.6 Å². The summed E-state index contributed by atoms with van der Waals surface area (Å²) < 4.78 is 21.4. The van der Waals surface area contributed by atoms with Crippen LogP contribution in [0.15, 0.2) is 67.0 Å². The lowest BCUT2D eigenvalue weighted by Gasteiger charge is -2.08. The van der Waals surface area contributed by atoms with Crippen molar-refractivity contribution >= 4 is 62.4 Å². The number of halogens is 2. The van der Waals surface area contributed by atoms with Crippen LogP contribution in [0.25, 0.3) is 38.9 Å². The van der Waals surface area contributed by atoms with Crippen LogP contribution in [0.2, 0.25) is 10.0 Å². The molecule has 0 saturated carbocycles. The standard InChI is InChI=1S/C25H19Cl2N5O3S/c26-18-2-1-3-19(27)21(18)22-23(24(28)33)32-10-8-20-17(25(32)31-22)12-15(13-30-20)14-4-6-16(7-5-14)29-9-11-36(34)35/h1-8,10,12-13,29H,9,11H2,(H2,28,33)(H,34,35). The Balaban J connectivity index is 1.62. The molecule has 1 unspecified atom stereocenters. The zero-order valence-corrected chi connectivity index (χ0v) is 20.9. The summed E-state index contributed by atoms with van der Waals surface area (Å²) in [6.07, 6.45) is 3.46. The highest BCUT2D eigenvalue weighted by atomic mass is 35.5. The topological polar surface area (TPSA) is 123 Å². The molecule has 0 aliphatic heterocycles. The van der Waals surface area contributed by atoms with Crippen molar-refractivity contribution in [3.8, 4) is 22.4 Å². The lowest BCUT2D eigenvalue weighted by Crippen LogP contribution is -2.15. The molecule has 0 saturated heterocycles. The van der Waals surface area contributed by atoms with E-state index in [2.05, 4.69) is 10.3 Å². The molecule has 0 aliphatic rings. The molecule has 5 aromatic rings. The average molecular weight is 540 g/mol. The Kier molecular flexibility index (Phi) is 6.63. The van der Waals surface area contributed by atoms with E-state index in [0.717, 1.165) is 22.2 Å². The summed E-state index contributed by atoms with van der Waals surface area (Å²) in [7, 11) is 0. The third-order valence-electron chi connectivity index (χ3n) is 5.71. The molecule has 2 aromatic carbocycles. The number of hydrogen-bond acceptors (Lipinski definition) is 5. The number of carbonyl (C=O) groups is 1. The fourth-order valence-corrected chi connectivity index (χ4v) is 4.91. The number of nitrogens with two attached hydrogens (primary N) is 1. The van der Waals surface area contributed by atoms with Crippen LogP contribution in [0.3, 0.4) is 0 Å². The first kappa shape index (κ1) is 24.2. The maximum absolute atomic E-state index is 12.5. The minimum absolute atomic E-state index is 0.144. The largest absolute Gasteiger partial charge is 0.384 e. The highest BCUT2D eigenvalue weighted by Gasteiger charge is 2.23. The van der Waals surface area contributed by atoms with Crippen LogP contribution in [-0.4, -0.2) is 41.3 Å². The van der Waals surface area contributed by atoms with E-state index < -0.39 is 17.0 Å². The Morgan fingerprint density at radius 3 is 2.47 bits per heavy atom. The van der Waals surface area contributed by atoms with Crippen molar-refractivity contribution in [2.75, 3.05) is 17.6 Å². The number of aromatic nitrogens is 3. The molecule has 0 bridgehead atoms. The molecular formula is C25H19Cl2N5O3S. The van der Waals surface area contributed by atoms with Crippen LogP contribution in [0.4, 0.5) is 5.69 Å². The van der Waals surface area contributed by atoms with Crippen molar-refractivity contribution in [1.82, 2.24) is 14.4 Å². The predicted octanol–water partition coefficient (Wildman–Crippen LogP) is 5.26. The van der Waals surface area contributed by atoms with Gasteiger partial charge in [-0.3, -0.25) is 14.2 Å². The lowest BCUT2D eigenvalue weighted by molar-refractivity contribution is 0.0995. The van der Waals surface area contributed by atoms with Gasteiger partial charge in [-0.25, -0.2) is 9.19 Å². The van der Waals surface area contributed by atoms with Crippen molar-refractivity contribution in [1.29, 1.82) is 0 Å². The highest BCUT2D eigenvalue weighted by molar-refractivity contribution is 7.79. The minimum Gasteiger partial charge on any atom is -0.384 e. The van der Waals surface area contributed by atoms with Crippen molar-refractivity contribution in [3.05, 3.63) is 82.7 Å². The van der Waals surface area contributed by atoms with Gasteiger partial charge in [0.1, 0.15) is 17.0 Å². The number of anilines is 1. The molecule has 36 heavy (non-hydrogen) atoms. The Morgan fingerprint density at radius 1 is 1.08 bits per heavy atom. The van der Waals surface area contributed by atoms with Gasteiger partial charge in [-0.1, -0.05) is 41.4 Å². The summed E-state index contributed by atoms with van der Waals surface area (Å²) in [6, 6.07) is 16.4. The van der Waals surface area contributed by atoms with E-state index in [0.29, 0.717) is 39.0 Å². The second-order valence-corrected chi connectivity index (χ2v) is 9.83. The summed E-state index contributed by atoms with van der Waals surface area (Å²) in [4.78, 5) is 21.8. The van der Waals surface area contributed by atoms with Gasteiger partial charge >= 0.3 is 0 Å². The molecule has 4 N–H and O–H groups in total. The van der Waals surface area contributed by atoms with Gasteiger partial charge in [-0.2, -0.15) is 0 Å². The van der Waals surface area contributed by atoms with E-state index in [9.17, 15) is 9.00 Å². The molecule has 8 nitrogen and oxygen atoms in total. The Labute approximate surface area is 218 Å². The smallest absolute Gasteiger partial charge is 0.268 e. The first-order valence-electron chi connectivity index (χ1n) is 10.8. The monoisotopic (exact) mass is 539 g/mol. The molecule has 5 rings (SSSR count). The van der Waals surface area contributed by atoms with E-state index in [-0.39, 0.29) is 11.4 Å². The van der Waals surface area contributed by atoms with Gasteiger partial charge in [0, 0.05) is 41.1 Å². The fourth-order valence-electron chi connectivity index (χ4n) is 4.06. The third-order valence-corrected chi connectivity index (χ3v) is 6.89. The SMILES string of the molecule is NC(=O)c1c(-c2c(Cl)cccc2Cl)nc2c3cc(-c4ccc(NCCS(=O)O)cc4)cnc3ccn12. The number of nitrogens with zero attached hydrogens (tertiary/aromatic N) is 3. The first-order valence-corrected chi connectivity index (χ1v) is 12.8. The van der Waals surface area contributed by atoms with E-state index in [1.807, 2.05) is 30.3 Å². The number of hydrogen-bond donors (Lipinski definition) is 3. The minimum atomic E-state index is -1.84. The number of imidazole rings is 1. The number of nitrogens with one attached hydrogen (secondary N) is 1. The second kappa shape index (κ2) is 9.87. The Bertz CT molecular complexity index is 1630. The molecule has 0 fully saturated rings. The summed E-state index contributed by atoms with van der Waals surface area (Å²) in [5.41, 5.74) is 10.5. The van der Waals surface area contributed by atoms with Gasteiger partial charge < -0.3 is 15.6 Å². The third kappa shape index (κ3) is 4.54. The summed E-state index contributed by atoms with van der Waals surface area (Å²) >= 11 is 11.0. The normalized spacial score (nSPS) is 12.2. The molecule has 0 radical (unpaired) electrons. The van der Waals surface area contributed by atoms with E-state index in [1.54, 1.807) is 41.1 Å². The molecule has 1 atom stereocenters. The van der Waals surface area contributed by atoms with Crippen LogP contribution in [0, 0.1) is 0 Å². The summed E-state index contributed by atoms with van der Waals surface area (Å²) in [5, 5.41) is 4.54. The van der Waals surface area contributed by atoms with Crippen molar-refractivity contribution in [2.24, 2.45) is 5.73 Å². The number of carbonyl (C=O) groups excluding carboxylic acids is 1. The van der Waals surface area contributed by atoms with Gasteiger partial charge in [0.15, 0.2) is 11.1 Å². The number of primary amides is 1. The van der Waals surface area contributed by atoms with Gasteiger partial charge in [0.2, 0.25) is 0 Å². The van der Waals surface area contributed by atoms with Crippen LogP contribution in [0.1, 0.15) is 10.5 Å². The van der Waals surface area contributed by atoms with E-state index >= 15 is 0 Å². The van der Waals surface area contributed by atoms with Crippen LogP contribution in [-0.2, 0) is 11.1 Å². The molecule has 0 aliphatic carbocycles. The van der Waals surface area contributed by atoms with Gasteiger partial charge in [0.25, 0.3) is 5.91 Å². The Hall–Kier alpha value is -3.50. The number of benzene rings is 2. The maximum Gasteiger partial charge on any atom is 0.268 e. The summed E-state index contributed by atoms with van der Waals surface area (Å²) in [5.74, 6) is -0.518. The molecule has 3 aromatic heterocycles. The summed E-state index contributed by atoms with van der Waals surface area (Å²) in [6.45, 7) is 0.387. The molecule has 0 spiro atoms. The zero-order chi connectivity index (χ0) is 25.4. The molecule has 11 heteroatoms. The number of fused-ring (bicyclic) bond motifs is 3. The molecule has 3 heterocycles. The van der Waals surface area contributed by atoms with Gasteiger partial charge in [0.05, 0.1) is 21.3 Å². The first-order chi connectivity index (χ1) is 17.3. The second-order valence-electron chi connectivity index (χ2n) is 7.97. The fraction of sp³-hybridized carbons (Fsp3) is 0.0800. The molecule has 182 valence electrons. The number of pyridine rings is 2. The number of amides is 1. The zero-order valence-electron chi connectivity index (χ0n) is 18.6. The van der Waals surface area contributed by atoms with Crippen LogP contribution < -0.4 is 11.1 Å². The molecular weight excluding hydrogens is 521 g/mol. The Morgan fingerprint density at radius 2 is 1.81 bits per heavy atom. The van der Waals surface area contributed by atoms with E-state index in [4.69, 9.17) is 38.5 Å². The quantitative estimate of drug-likeness (QED) is 0.242. The van der Waals surface area contributed by atoms with Gasteiger partial charge in [-0.15, -0.1) is 0 Å².